The van der Waals surface area contributed by atoms with Gasteiger partial charge in [0, 0.05) is 6.42 Å². The lowest BCUT2D eigenvalue weighted by atomic mass is 10.0. The van der Waals surface area contributed by atoms with Gasteiger partial charge in [-0.2, -0.15) is 0 Å². The highest BCUT2D eigenvalue weighted by atomic mass is 16.3. The molecule has 0 aromatic heterocycles. The molecule has 78 heavy (non-hydrogen) atoms. The Morgan fingerprint density at radius 1 is 0.321 bits per heavy atom. The maximum atomic E-state index is 12.6. The first-order chi connectivity index (χ1) is 38.7. The highest BCUT2D eigenvalue weighted by molar-refractivity contribution is 5.76. The van der Waals surface area contributed by atoms with E-state index in [1.54, 1.807) is 0 Å². The molecule has 0 radical (unpaired) electrons. The minimum atomic E-state index is -0.670. The topological polar surface area (TPSA) is 69.6 Å². The fraction of sp³-hybridized carbons (Fsp3) is 0.716. The number of amides is 1. The summed E-state index contributed by atoms with van der Waals surface area (Å²) in [5, 5.41) is 23.4. The molecule has 0 aromatic carbocycles. The van der Waals surface area contributed by atoms with Gasteiger partial charge in [0.1, 0.15) is 0 Å². The Balaban J connectivity index is 3.54. The summed E-state index contributed by atoms with van der Waals surface area (Å²) in [5.41, 5.74) is 0. The third kappa shape index (κ3) is 63.6. The van der Waals surface area contributed by atoms with Crippen molar-refractivity contribution in [3.63, 3.8) is 0 Å². The number of nitrogens with one attached hydrogen (secondary N) is 1. The zero-order chi connectivity index (χ0) is 56.2. The summed E-state index contributed by atoms with van der Waals surface area (Å²) in [4.78, 5) is 12.6. The van der Waals surface area contributed by atoms with Crippen molar-refractivity contribution in [2.24, 2.45) is 0 Å². The van der Waals surface area contributed by atoms with E-state index in [0.29, 0.717) is 12.8 Å². The van der Waals surface area contributed by atoms with Crippen molar-refractivity contribution >= 4 is 5.91 Å². The van der Waals surface area contributed by atoms with Crippen LogP contribution in [0, 0.1) is 0 Å². The smallest absolute Gasteiger partial charge is 0.220 e. The van der Waals surface area contributed by atoms with E-state index in [2.05, 4.69) is 141 Å². The number of aliphatic hydroxyl groups is 2. The Morgan fingerprint density at radius 2 is 0.564 bits per heavy atom. The van der Waals surface area contributed by atoms with Gasteiger partial charge in [-0.1, -0.05) is 347 Å². The zero-order valence-electron chi connectivity index (χ0n) is 51.7. The van der Waals surface area contributed by atoms with E-state index >= 15 is 0 Å². The number of carbonyl (C=O) groups excluding carboxylic acids is 1. The van der Waals surface area contributed by atoms with E-state index in [-0.39, 0.29) is 12.5 Å². The highest BCUT2D eigenvalue weighted by Gasteiger charge is 2.20. The van der Waals surface area contributed by atoms with Crippen LogP contribution >= 0.6 is 0 Å². The van der Waals surface area contributed by atoms with Gasteiger partial charge in [0.15, 0.2) is 0 Å². The Labute approximate surface area is 486 Å². The van der Waals surface area contributed by atoms with Gasteiger partial charge in [-0.15, -0.1) is 0 Å². The molecule has 2 atom stereocenters. The van der Waals surface area contributed by atoms with Gasteiger partial charge in [-0.05, 0) is 89.9 Å². The summed E-state index contributed by atoms with van der Waals surface area (Å²) in [5.74, 6) is -0.0366. The lowest BCUT2D eigenvalue weighted by Gasteiger charge is -2.22. The molecule has 0 rings (SSSR count). The third-order valence-corrected chi connectivity index (χ3v) is 15.0. The van der Waals surface area contributed by atoms with Crippen LogP contribution in [0.25, 0.3) is 0 Å². The minimum absolute atomic E-state index is 0.0366. The van der Waals surface area contributed by atoms with Gasteiger partial charge in [0.2, 0.25) is 5.91 Å². The van der Waals surface area contributed by atoms with E-state index in [1.165, 1.54) is 205 Å². The molecule has 0 fully saturated rings. The molecule has 4 heteroatoms. The summed E-state index contributed by atoms with van der Waals surface area (Å²) in [6.07, 6.45) is 104. The molecule has 2 unspecified atom stereocenters. The number of aliphatic hydroxyl groups excluding tert-OH is 2. The molecule has 0 saturated carbocycles. The minimum Gasteiger partial charge on any atom is -0.394 e. The molecule has 0 aliphatic heterocycles. The molecule has 0 saturated heterocycles. The summed E-state index contributed by atoms with van der Waals surface area (Å²) in [6.45, 7) is 4.26. The van der Waals surface area contributed by atoms with Gasteiger partial charge in [0.25, 0.3) is 0 Å². The normalized spacial score (nSPS) is 13.5. The monoisotopic (exact) mass is 1080 g/mol. The predicted octanol–water partition coefficient (Wildman–Crippen LogP) is 23.2. The number of rotatable bonds is 61. The largest absolute Gasteiger partial charge is 0.394 e. The lowest BCUT2D eigenvalue weighted by molar-refractivity contribution is -0.123. The average molecular weight is 1080 g/mol. The summed E-state index contributed by atoms with van der Waals surface area (Å²) in [7, 11) is 0. The van der Waals surface area contributed by atoms with Crippen molar-refractivity contribution in [1.29, 1.82) is 0 Å². The summed E-state index contributed by atoms with van der Waals surface area (Å²) >= 11 is 0. The highest BCUT2D eigenvalue weighted by Crippen LogP contribution is 2.18. The zero-order valence-corrected chi connectivity index (χ0v) is 51.7. The standard InChI is InChI=1S/C74H129NO3/c1-3-5-7-9-11-13-15-17-19-21-23-25-27-29-30-31-32-33-34-35-36-37-38-39-40-41-42-43-44-46-48-50-52-54-56-58-60-62-64-66-68-70-74(78)75-72(71-76)73(77)69-67-65-63-61-59-57-55-53-51-49-47-45-28-26-24-22-20-18-16-14-12-10-8-6-4-2/h5,7,11,13,17,19,23,25,29-30,32-33,35-36,38-39,41-42,44,46,72-73,76-77H,3-4,6,8-10,12,14-16,18,20-22,24,26-28,31,34,37,40,43,45,47-71H2,1-2H3,(H,75,78)/b7-5-,13-11-,19-17-,25-23-,30-29-,33-32-,36-35-,39-38-,42-41-,46-44-. The van der Waals surface area contributed by atoms with E-state index in [1.807, 2.05) is 0 Å². The van der Waals surface area contributed by atoms with Crippen molar-refractivity contribution in [2.75, 3.05) is 6.61 Å². The average Bonchev–Trinajstić information content (AvgIpc) is 3.44. The van der Waals surface area contributed by atoms with Gasteiger partial charge < -0.3 is 15.5 Å². The molecular weight excluding hydrogens is 951 g/mol. The molecular formula is C74H129NO3. The van der Waals surface area contributed by atoms with Crippen LogP contribution in [0.3, 0.4) is 0 Å². The van der Waals surface area contributed by atoms with Crippen molar-refractivity contribution in [1.82, 2.24) is 5.32 Å². The van der Waals surface area contributed by atoms with Crippen molar-refractivity contribution in [3.05, 3.63) is 122 Å². The Bertz CT molecular complexity index is 1510. The van der Waals surface area contributed by atoms with Crippen LogP contribution in [0.4, 0.5) is 0 Å². The first kappa shape index (κ1) is 74.8. The number of hydrogen-bond donors (Lipinski definition) is 3. The number of unbranched alkanes of at least 4 members (excludes halogenated alkanes) is 34. The molecule has 0 spiro atoms. The molecule has 448 valence electrons. The van der Waals surface area contributed by atoms with Crippen LogP contribution in [0.1, 0.15) is 322 Å². The van der Waals surface area contributed by atoms with Crippen LogP contribution in [0.15, 0.2) is 122 Å². The van der Waals surface area contributed by atoms with Gasteiger partial charge in [0.05, 0.1) is 18.8 Å². The summed E-state index contributed by atoms with van der Waals surface area (Å²) < 4.78 is 0. The maximum absolute atomic E-state index is 12.6. The van der Waals surface area contributed by atoms with Crippen molar-refractivity contribution < 1.29 is 15.0 Å². The second kappa shape index (κ2) is 68.1. The number of hydrogen-bond acceptors (Lipinski definition) is 3. The van der Waals surface area contributed by atoms with Crippen LogP contribution in [0.2, 0.25) is 0 Å². The predicted molar refractivity (Wildman–Crippen MR) is 349 cm³/mol. The SMILES string of the molecule is CC/C=C\C/C=C\C/C=C\C/C=C\C/C=C\C/C=C\C/C=C\C/C=C\C/C=C\C/C=C\CCCCCCCCCCCCC(=O)NC(CO)C(O)CCCCCCCCCCCCCCCCCCCCCCCCCCC. The molecule has 4 nitrogen and oxygen atoms in total. The van der Waals surface area contributed by atoms with Crippen LogP contribution in [-0.4, -0.2) is 34.9 Å². The fourth-order valence-corrected chi connectivity index (χ4v) is 9.92. The maximum Gasteiger partial charge on any atom is 0.220 e. The van der Waals surface area contributed by atoms with Gasteiger partial charge in [-0.25, -0.2) is 0 Å². The van der Waals surface area contributed by atoms with Gasteiger partial charge in [-0.3, -0.25) is 4.79 Å². The lowest BCUT2D eigenvalue weighted by Crippen LogP contribution is -2.45. The first-order valence-electron chi connectivity index (χ1n) is 33.7. The van der Waals surface area contributed by atoms with Crippen molar-refractivity contribution in [2.45, 2.75) is 334 Å². The third-order valence-electron chi connectivity index (χ3n) is 15.0. The van der Waals surface area contributed by atoms with E-state index < -0.39 is 12.1 Å². The van der Waals surface area contributed by atoms with Gasteiger partial charge >= 0.3 is 0 Å². The molecule has 0 aliphatic rings. The summed E-state index contributed by atoms with van der Waals surface area (Å²) in [6, 6.07) is -0.548. The molecule has 3 N–H and O–H groups in total. The molecule has 0 heterocycles. The first-order valence-corrected chi connectivity index (χ1v) is 33.7. The Kier molecular flexibility index (Phi) is 65.3. The Hall–Kier alpha value is -3.21. The second-order valence-electron chi connectivity index (χ2n) is 22.5. The molecule has 1 amide bonds. The number of carbonyl (C=O) groups is 1. The number of allylic oxidation sites excluding steroid dienone is 20. The van der Waals surface area contributed by atoms with Crippen LogP contribution in [-0.2, 0) is 4.79 Å². The molecule has 0 aliphatic carbocycles. The fourth-order valence-electron chi connectivity index (χ4n) is 9.92. The molecule has 0 bridgehead atoms. The molecule has 0 aromatic rings. The van der Waals surface area contributed by atoms with E-state index in [0.717, 1.165) is 89.9 Å². The van der Waals surface area contributed by atoms with Crippen molar-refractivity contribution in [3.8, 4) is 0 Å². The second-order valence-corrected chi connectivity index (χ2v) is 22.5. The van der Waals surface area contributed by atoms with Crippen LogP contribution < -0.4 is 5.32 Å². The van der Waals surface area contributed by atoms with Crippen LogP contribution in [0.5, 0.6) is 0 Å². The van der Waals surface area contributed by atoms with E-state index in [4.69, 9.17) is 0 Å². The van der Waals surface area contributed by atoms with E-state index in [9.17, 15) is 15.0 Å². The Morgan fingerprint density at radius 3 is 0.846 bits per heavy atom. The quantitative estimate of drug-likeness (QED) is 0.0420.